The third-order valence-electron chi connectivity index (χ3n) is 3.72. The van der Waals surface area contributed by atoms with E-state index in [0.717, 1.165) is 0 Å². The highest BCUT2D eigenvalue weighted by Gasteiger charge is 2.44. The molecule has 0 radical (unpaired) electrons. The molecule has 0 aromatic heterocycles. The first-order chi connectivity index (χ1) is 11.1. The second kappa shape index (κ2) is 7.21. The first kappa shape index (κ1) is 16.9. The Labute approximate surface area is 134 Å². The zero-order valence-corrected chi connectivity index (χ0v) is 13.6. The summed E-state index contributed by atoms with van der Waals surface area (Å²) in [5.74, 6) is -1.28. The van der Waals surface area contributed by atoms with Gasteiger partial charge in [-0.2, -0.15) is 0 Å². The van der Waals surface area contributed by atoms with Crippen molar-refractivity contribution in [3.05, 3.63) is 17.7 Å². The molecule has 0 bridgehead atoms. The maximum Gasteiger partial charge on any atom is 0.321 e. The molecule has 7 heteroatoms. The molecule has 0 N–H and O–H groups in total. The standard InChI is InChI=1S/C16H20O7/c1-5-22-15(17)13-10(8-23-16(13)18)9-6-11(19-2)14(21-4)12(7-9)20-3/h6-7,10,13H,5,8H2,1-4H3/t10-,13+/m0/s1. The number of cyclic esters (lactones) is 1. The van der Waals surface area contributed by atoms with Gasteiger partial charge >= 0.3 is 11.9 Å². The lowest BCUT2D eigenvalue weighted by atomic mass is 9.88. The van der Waals surface area contributed by atoms with Crippen molar-refractivity contribution in [3.63, 3.8) is 0 Å². The molecule has 1 aromatic rings. The summed E-state index contributed by atoms with van der Waals surface area (Å²) >= 11 is 0. The molecule has 1 fully saturated rings. The molecule has 126 valence electrons. The lowest BCUT2D eigenvalue weighted by Crippen LogP contribution is -2.26. The highest BCUT2D eigenvalue weighted by molar-refractivity contribution is 5.97. The van der Waals surface area contributed by atoms with Gasteiger partial charge in [0.25, 0.3) is 0 Å². The first-order valence-electron chi connectivity index (χ1n) is 7.20. The van der Waals surface area contributed by atoms with Gasteiger partial charge in [0.05, 0.1) is 34.5 Å². The minimum Gasteiger partial charge on any atom is -0.493 e. The number of methoxy groups -OCH3 is 3. The number of carbonyl (C=O) groups is 2. The quantitative estimate of drug-likeness (QED) is 0.580. The summed E-state index contributed by atoms with van der Waals surface area (Å²) in [4.78, 5) is 24.0. The maximum absolute atomic E-state index is 12.1. The highest BCUT2D eigenvalue weighted by Crippen LogP contribution is 2.43. The average molecular weight is 324 g/mol. The summed E-state index contributed by atoms with van der Waals surface area (Å²) in [5, 5.41) is 0. The van der Waals surface area contributed by atoms with Crippen molar-refractivity contribution in [2.75, 3.05) is 34.5 Å². The molecule has 0 unspecified atom stereocenters. The zero-order valence-electron chi connectivity index (χ0n) is 13.6. The highest BCUT2D eigenvalue weighted by atomic mass is 16.6. The molecule has 2 atom stereocenters. The Morgan fingerprint density at radius 2 is 1.78 bits per heavy atom. The van der Waals surface area contributed by atoms with Gasteiger partial charge < -0.3 is 23.7 Å². The van der Waals surface area contributed by atoms with E-state index < -0.39 is 23.8 Å². The minimum atomic E-state index is -0.988. The fourth-order valence-corrected chi connectivity index (χ4v) is 2.62. The van der Waals surface area contributed by atoms with Crippen molar-refractivity contribution in [3.8, 4) is 17.2 Å². The van der Waals surface area contributed by atoms with Crippen molar-refractivity contribution in [2.24, 2.45) is 5.92 Å². The molecule has 1 aliphatic heterocycles. The Morgan fingerprint density at radius 3 is 2.26 bits per heavy atom. The van der Waals surface area contributed by atoms with Crippen LogP contribution in [0.3, 0.4) is 0 Å². The van der Waals surface area contributed by atoms with Crippen LogP contribution in [0.25, 0.3) is 0 Å². The van der Waals surface area contributed by atoms with Crippen LogP contribution in [-0.4, -0.2) is 46.5 Å². The van der Waals surface area contributed by atoms with Crippen LogP contribution in [0.2, 0.25) is 0 Å². The van der Waals surface area contributed by atoms with Crippen LogP contribution < -0.4 is 14.2 Å². The second-order valence-corrected chi connectivity index (χ2v) is 4.92. The van der Waals surface area contributed by atoms with Gasteiger partial charge in [0.15, 0.2) is 17.4 Å². The SMILES string of the molecule is CCOC(=O)[C@@H]1C(=O)OC[C@H]1c1cc(OC)c(OC)c(OC)c1. The van der Waals surface area contributed by atoms with Crippen molar-refractivity contribution in [1.82, 2.24) is 0 Å². The molecule has 1 saturated heterocycles. The number of rotatable bonds is 6. The maximum atomic E-state index is 12.1. The minimum absolute atomic E-state index is 0.0982. The van der Waals surface area contributed by atoms with Crippen LogP contribution in [0.4, 0.5) is 0 Å². The van der Waals surface area contributed by atoms with Crippen molar-refractivity contribution < 1.29 is 33.3 Å². The van der Waals surface area contributed by atoms with Gasteiger partial charge in [0.1, 0.15) is 0 Å². The fraction of sp³-hybridized carbons (Fsp3) is 0.500. The number of esters is 2. The van der Waals surface area contributed by atoms with Crippen LogP contribution >= 0.6 is 0 Å². The summed E-state index contributed by atoms with van der Waals surface area (Å²) in [7, 11) is 4.50. The molecular formula is C16H20O7. The molecule has 1 aliphatic rings. The molecule has 0 aliphatic carbocycles. The van der Waals surface area contributed by atoms with Crippen LogP contribution in [0, 0.1) is 5.92 Å². The predicted octanol–water partition coefficient (Wildman–Crippen LogP) is 1.53. The van der Waals surface area contributed by atoms with Crippen LogP contribution in [0.1, 0.15) is 18.4 Å². The number of benzene rings is 1. The number of hydrogen-bond donors (Lipinski definition) is 0. The van der Waals surface area contributed by atoms with Crippen molar-refractivity contribution in [1.29, 1.82) is 0 Å². The normalized spacial score (nSPS) is 19.9. The van der Waals surface area contributed by atoms with Gasteiger partial charge in [-0.05, 0) is 24.6 Å². The van der Waals surface area contributed by atoms with Crippen molar-refractivity contribution in [2.45, 2.75) is 12.8 Å². The molecular weight excluding hydrogens is 304 g/mol. The lowest BCUT2D eigenvalue weighted by molar-refractivity contribution is -0.155. The summed E-state index contributed by atoms with van der Waals surface area (Å²) < 4.78 is 25.9. The second-order valence-electron chi connectivity index (χ2n) is 4.92. The number of ether oxygens (including phenoxy) is 5. The molecule has 0 spiro atoms. The van der Waals surface area contributed by atoms with E-state index in [2.05, 4.69) is 0 Å². The van der Waals surface area contributed by atoms with Crippen LogP contribution in [-0.2, 0) is 19.1 Å². The van der Waals surface area contributed by atoms with E-state index in [1.807, 2.05) is 0 Å². The molecule has 0 amide bonds. The van der Waals surface area contributed by atoms with Gasteiger partial charge in [-0.1, -0.05) is 0 Å². The fourth-order valence-electron chi connectivity index (χ4n) is 2.62. The molecule has 1 heterocycles. The number of carbonyl (C=O) groups excluding carboxylic acids is 2. The van der Waals surface area contributed by atoms with Crippen LogP contribution in [0.15, 0.2) is 12.1 Å². The first-order valence-corrected chi connectivity index (χ1v) is 7.20. The van der Waals surface area contributed by atoms with E-state index >= 15 is 0 Å². The van der Waals surface area contributed by atoms with E-state index in [1.54, 1.807) is 19.1 Å². The topological polar surface area (TPSA) is 80.3 Å². The number of hydrogen-bond acceptors (Lipinski definition) is 7. The van der Waals surface area contributed by atoms with Gasteiger partial charge in [-0.15, -0.1) is 0 Å². The van der Waals surface area contributed by atoms with Gasteiger partial charge in [-0.3, -0.25) is 9.59 Å². The van der Waals surface area contributed by atoms with E-state index in [4.69, 9.17) is 23.7 Å². The van der Waals surface area contributed by atoms with Gasteiger partial charge in [0.2, 0.25) is 5.75 Å². The zero-order chi connectivity index (χ0) is 17.0. The Balaban J connectivity index is 2.43. The molecule has 23 heavy (non-hydrogen) atoms. The lowest BCUT2D eigenvalue weighted by Gasteiger charge is -2.18. The van der Waals surface area contributed by atoms with E-state index in [-0.39, 0.29) is 13.2 Å². The predicted molar refractivity (Wildman–Crippen MR) is 79.9 cm³/mol. The smallest absolute Gasteiger partial charge is 0.321 e. The molecule has 7 nitrogen and oxygen atoms in total. The van der Waals surface area contributed by atoms with E-state index in [9.17, 15) is 9.59 Å². The van der Waals surface area contributed by atoms with Gasteiger partial charge in [-0.25, -0.2) is 0 Å². The summed E-state index contributed by atoms with van der Waals surface area (Å²) in [6, 6.07) is 3.42. The largest absolute Gasteiger partial charge is 0.493 e. The van der Waals surface area contributed by atoms with E-state index in [1.165, 1.54) is 21.3 Å². The summed E-state index contributed by atoms with van der Waals surface area (Å²) in [6.45, 7) is 1.98. The van der Waals surface area contributed by atoms with Crippen molar-refractivity contribution >= 4 is 11.9 Å². The Kier molecular flexibility index (Phi) is 5.31. The van der Waals surface area contributed by atoms with Crippen LogP contribution in [0.5, 0.6) is 17.2 Å². The third kappa shape index (κ3) is 3.18. The summed E-state index contributed by atoms with van der Waals surface area (Å²) in [5.41, 5.74) is 0.684. The van der Waals surface area contributed by atoms with Gasteiger partial charge in [0, 0.05) is 5.92 Å². The average Bonchev–Trinajstić information content (AvgIpc) is 2.95. The Hall–Kier alpha value is -2.44. The summed E-state index contributed by atoms with van der Waals surface area (Å²) in [6.07, 6.45) is 0. The Morgan fingerprint density at radius 1 is 1.17 bits per heavy atom. The third-order valence-corrected chi connectivity index (χ3v) is 3.72. The molecule has 1 aromatic carbocycles. The molecule has 0 saturated carbocycles. The van der Waals surface area contributed by atoms with E-state index in [0.29, 0.717) is 22.8 Å². The monoisotopic (exact) mass is 324 g/mol. The Bertz CT molecular complexity index is 571. The molecule has 2 rings (SSSR count).